The molecule has 2 rings (SSSR count). The molecule has 1 heterocycles. The van der Waals surface area contributed by atoms with E-state index in [1.165, 1.54) is 10.6 Å². The molecule has 1 atom stereocenters. The number of carbonyl (C=O) groups is 2. The average molecular weight is 318 g/mol. The summed E-state index contributed by atoms with van der Waals surface area (Å²) in [4.78, 5) is 25.4. The SMILES string of the molecule is CC(C(=O)NC(=O)NC1CC1)N1CCN(S(C)(=O)=O)CC1. The maximum absolute atomic E-state index is 12.0. The normalized spacial score (nSPS) is 22.6. The summed E-state index contributed by atoms with van der Waals surface area (Å²) < 4.78 is 24.2. The van der Waals surface area contributed by atoms with Gasteiger partial charge in [0.05, 0.1) is 12.3 Å². The van der Waals surface area contributed by atoms with Crippen LogP contribution in [0.1, 0.15) is 19.8 Å². The van der Waals surface area contributed by atoms with Gasteiger partial charge in [-0.15, -0.1) is 0 Å². The lowest BCUT2D eigenvalue weighted by atomic mass is 10.2. The lowest BCUT2D eigenvalue weighted by molar-refractivity contribution is -0.125. The second-order valence-electron chi connectivity index (χ2n) is 5.61. The molecule has 0 bridgehead atoms. The zero-order valence-electron chi connectivity index (χ0n) is 12.3. The van der Waals surface area contributed by atoms with Crippen LogP contribution in [0.3, 0.4) is 0 Å². The second kappa shape index (κ2) is 6.29. The maximum Gasteiger partial charge on any atom is 0.321 e. The summed E-state index contributed by atoms with van der Waals surface area (Å²) in [5, 5.41) is 5.02. The number of amides is 3. The van der Waals surface area contributed by atoms with E-state index in [2.05, 4.69) is 10.6 Å². The standard InChI is InChI=1S/C12H22N4O4S/c1-9(11(17)14-12(18)13-10-3-4-10)15-5-7-16(8-6-15)21(2,19)20/h9-10H,3-8H2,1-2H3,(H2,13,14,17,18). The van der Waals surface area contributed by atoms with Gasteiger partial charge >= 0.3 is 6.03 Å². The lowest BCUT2D eigenvalue weighted by Gasteiger charge is -2.36. The Morgan fingerprint density at radius 2 is 1.71 bits per heavy atom. The highest BCUT2D eigenvalue weighted by Crippen LogP contribution is 2.18. The molecule has 21 heavy (non-hydrogen) atoms. The minimum Gasteiger partial charge on any atom is -0.335 e. The highest BCUT2D eigenvalue weighted by Gasteiger charge is 2.30. The Labute approximate surface area is 124 Å². The average Bonchev–Trinajstić information content (AvgIpc) is 3.20. The quantitative estimate of drug-likeness (QED) is 0.688. The van der Waals surface area contributed by atoms with Gasteiger partial charge in [-0.2, -0.15) is 4.31 Å². The number of rotatable bonds is 4. The molecule has 2 fully saturated rings. The molecule has 9 heteroatoms. The maximum atomic E-state index is 12.0. The van der Waals surface area contributed by atoms with E-state index in [9.17, 15) is 18.0 Å². The first-order valence-electron chi connectivity index (χ1n) is 7.08. The summed E-state index contributed by atoms with van der Waals surface area (Å²) in [7, 11) is -3.18. The molecular weight excluding hydrogens is 296 g/mol. The fraction of sp³-hybridized carbons (Fsp3) is 0.833. The highest BCUT2D eigenvalue weighted by atomic mass is 32.2. The van der Waals surface area contributed by atoms with Crippen LogP contribution in [-0.4, -0.2) is 74.1 Å². The van der Waals surface area contributed by atoms with Gasteiger partial charge < -0.3 is 5.32 Å². The molecular formula is C12H22N4O4S. The van der Waals surface area contributed by atoms with Crippen molar-refractivity contribution in [3.05, 3.63) is 0 Å². The van der Waals surface area contributed by atoms with Crippen molar-refractivity contribution < 1.29 is 18.0 Å². The van der Waals surface area contributed by atoms with Crippen LogP contribution < -0.4 is 10.6 Å². The predicted molar refractivity (Wildman–Crippen MR) is 77.1 cm³/mol. The number of hydrogen-bond donors (Lipinski definition) is 2. The Morgan fingerprint density at radius 3 is 2.19 bits per heavy atom. The van der Waals surface area contributed by atoms with Crippen LogP contribution in [0.25, 0.3) is 0 Å². The number of carbonyl (C=O) groups excluding carboxylic acids is 2. The van der Waals surface area contributed by atoms with Crippen LogP contribution in [0.5, 0.6) is 0 Å². The first-order valence-corrected chi connectivity index (χ1v) is 8.93. The Morgan fingerprint density at radius 1 is 1.14 bits per heavy atom. The molecule has 1 unspecified atom stereocenters. The van der Waals surface area contributed by atoms with E-state index in [4.69, 9.17) is 0 Å². The van der Waals surface area contributed by atoms with E-state index in [0.717, 1.165) is 12.8 Å². The van der Waals surface area contributed by atoms with Crippen molar-refractivity contribution in [3.63, 3.8) is 0 Å². The third-order valence-corrected chi connectivity index (χ3v) is 5.12. The minimum absolute atomic E-state index is 0.200. The number of sulfonamides is 1. The number of imide groups is 1. The van der Waals surface area contributed by atoms with Crippen LogP contribution in [0.2, 0.25) is 0 Å². The van der Waals surface area contributed by atoms with Crippen LogP contribution in [0.15, 0.2) is 0 Å². The van der Waals surface area contributed by atoms with E-state index in [1.54, 1.807) is 6.92 Å². The molecule has 0 aromatic carbocycles. The molecule has 0 aromatic rings. The summed E-state index contributed by atoms with van der Waals surface area (Å²) >= 11 is 0. The number of piperazine rings is 1. The summed E-state index contributed by atoms with van der Waals surface area (Å²) in [5.41, 5.74) is 0. The molecule has 8 nitrogen and oxygen atoms in total. The minimum atomic E-state index is -3.18. The topological polar surface area (TPSA) is 98.8 Å². The number of nitrogens with one attached hydrogen (secondary N) is 2. The van der Waals surface area contributed by atoms with Gasteiger partial charge in [-0.1, -0.05) is 0 Å². The largest absolute Gasteiger partial charge is 0.335 e. The summed E-state index contributed by atoms with van der Waals surface area (Å²) in [5.74, 6) is -0.360. The number of urea groups is 1. The van der Waals surface area contributed by atoms with Crippen molar-refractivity contribution in [2.45, 2.75) is 31.8 Å². The van der Waals surface area contributed by atoms with Gasteiger partial charge in [0.2, 0.25) is 15.9 Å². The van der Waals surface area contributed by atoms with Gasteiger partial charge in [-0.3, -0.25) is 15.0 Å². The third-order valence-electron chi connectivity index (χ3n) is 3.82. The fourth-order valence-electron chi connectivity index (χ4n) is 2.25. The van der Waals surface area contributed by atoms with E-state index in [1.807, 2.05) is 4.90 Å². The fourth-order valence-corrected chi connectivity index (χ4v) is 3.08. The summed E-state index contributed by atoms with van der Waals surface area (Å²) in [6.45, 7) is 3.41. The van der Waals surface area contributed by atoms with Crippen LogP contribution in [0, 0.1) is 0 Å². The molecule has 0 aromatic heterocycles. The van der Waals surface area contributed by atoms with Crippen LogP contribution >= 0.6 is 0 Å². The molecule has 120 valence electrons. The molecule has 0 radical (unpaired) electrons. The third kappa shape index (κ3) is 4.65. The Kier molecular flexibility index (Phi) is 4.84. The molecule has 1 aliphatic carbocycles. The smallest absolute Gasteiger partial charge is 0.321 e. The van der Waals surface area contributed by atoms with Crippen LogP contribution in [0.4, 0.5) is 4.79 Å². The summed E-state index contributed by atoms with van der Waals surface area (Å²) in [6.07, 6.45) is 3.11. The van der Waals surface area contributed by atoms with Gasteiger partial charge in [-0.05, 0) is 19.8 Å². The second-order valence-corrected chi connectivity index (χ2v) is 7.59. The van der Waals surface area contributed by atoms with Gasteiger partial charge in [0.15, 0.2) is 0 Å². The first-order chi connectivity index (χ1) is 9.77. The Hall–Kier alpha value is -1.19. The van der Waals surface area contributed by atoms with E-state index < -0.39 is 22.1 Å². The van der Waals surface area contributed by atoms with Crippen molar-refractivity contribution in [2.75, 3.05) is 32.4 Å². The van der Waals surface area contributed by atoms with Gasteiger partial charge in [0.25, 0.3) is 0 Å². The predicted octanol–water partition coefficient (Wildman–Crippen LogP) is -1.06. The molecule has 3 amide bonds. The van der Waals surface area contributed by atoms with Crippen molar-refractivity contribution in [1.82, 2.24) is 19.8 Å². The summed E-state index contributed by atoms with van der Waals surface area (Å²) in [6, 6.07) is -0.716. The number of hydrogen-bond acceptors (Lipinski definition) is 5. The highest BCUT2D eigenvalue weighted by molar-refractivity contribution is 7.88. The van der Waals surface area contributed by atoms with E-state index in [-0.39, 0.29) is 11.9 Å². The van der Waals surface area contributed by atoms with E-state index >= 15 is 0 Å². The monoisotopic (exact) mass is 318 g/mol. The Balaban J connectivity index is 1.79. The van der Waals surface area contributed by atoms with Crippen LogP contribution in [-0.2, 0) is 14.8 Å². The molecule has 1 saturated heterocycles. The van der Waals surface area contributed by atoms with Crippen molar-refractivity contribution >= 4 is 22.0 Å². The lowest BCUT2D eigenvalue weighted by Crippen LogP contribution is -2.56. The van der Waals surface area contributed by atoms with Gasteiger partial charge in [-0.25, -0.2) is 13.2 Å². The van der Waals surface area contributed by atoms with Crippen molar-refractivity contribution in [1.29, 1.82) is 0 Å². The molecule has 2 aliphatic rings. The van der Waals surface area contributed by atoms with Crippen molar-refractivity contribution in [2.24, 2.45) is 0 Å². The Bertz CT molecular complexity index is 509. The molecule has 2 N–H and O–H groups in total. The zero-order valence-corrected chi connectivity index (χ0v) is 13.1. The molecule has 0 spiro atoms. The number of nitrogens with zero attached hydrogens (tertiary/aromatic N) is 2. The zero-order chi connectivity index (χ0) is 15.6. The first kappa shape index (κ1) is 16.2. The van der Waals surface area contributed by atoms with Gasteiger partial charge in [0.1, 0.15) is 0 Å². The van der Waals surface area contributed by atoms with Gasteiger partial charge in [0, 0.05) is 32.2 Å². The molecule has 1 saturated carbocycles. The van der Waals surface area contributed by atoms with E-state index in [0.29, 0.717) is 26.2 Å². The van der Waals surface area contributed by atoms with Crippen molar-refractivity contribution in [3.8, 4) is 0 Å². The molecule has 1 aliphatic heterocycles.